The van der Waals surface area contributed by atoms with E-state index in [-0.39, 0.29) is 5.56 Å². The second-order valence-electron chi connectivity index (χ2n) is 5.82. The normalized spacial score (nSPS) is 11.6. The molecule has 122 valence electrons. The second-order valence-corrected chi connectivity index (χ2v) is 5.82. The summed E-state index contributed by atoms with van der Waals surface area (Å²) in [6.45, 7) is 7.02. The lowest BCUT2D eigenvalue weighted by Crippen LogP contribution is -2.01. The molecule has 1 rings (SSSR count). The highest BCUT2D eigenvalue weighted by atomic mass is 16.5. The van der Waals surface area contributed by atoms with Gasteiger partial charge in [0.2, 0.25) is 0 Å². The van der Waals surface area contributed by atoms with Gasteiger partial charge in [-0.05, 0) is 50.0 Å². The minimum Gasteiger partial charge on any atom is -0.493 e. The summed E-state index contributed by atoms with van der Waals surface area (Å²) in [5.41, 5.74) is 1.49. The van der Waals surface area contributed by atoms with Crippen LogP contribution in [-0.2, 0) is 0 Å². The number of rotatable bonds is 9. The van der Waals surface area contributed by atoms with Crippen molar-refractivity contribution in [1.82, 2.24) is 0 Å². The number of carboxylic acid groups (broad SMARTS) is 1. The minimum atomic E-state index is -0.981. The Morgan fingerprint density at radius 3 is 2.64 bits per heavy atom. The maximum absolute atomic E-state index is 10.9. The number of hydrogen-bond donors (Lipinski definition) is 1. The fraction of sp³-hybridized carbons (Fsp3) is 0.500. The molecule has 0 bridgehead atoms. The molecular weight excluding hydrogens is 280 g/mol. The van der Waals surface area contributed by atoms with E-state index in [1.54, 1.807) is 6.07 Å². The molecule has 0 fully saturated rings. The molecule has 22 heavy (non-hydrogen) atoms. The Labute approximate surface area is 132 Å². The topological polar surface area (TPSA) is 55.8 Å². The SMILES string of the molecule is COc1cc(C(=O)O)ccc1OC/C=C(\C)CCCC(C)C. The van der Waals surface area contributed by atoms with Crippen LogP contribution in [0, 0.1) is 5.92 Å². The van der Waals surface area contributed by atoms with E-state index < -0.39 is 5.97 Å². The molecule has 0 aromatic heterocycles. The summed E-state index contributed by atoms with van der Waals surface area (Å²) < 4.78 is 10.8. The smallest absolute Gasteiger partial charge is 0.335 e. The Balaban J connectivity index is 2.55. The van der Waals surface area contributed by atoms with Crippen molar-refractivity contribution in [1.29, 1.82) is 0 Å². The van der Waals surface area contributed by atoms with E-state index in [4.69, 9.17) is 14.6 Å². The molecule has 0 unspecified atom stereocenters. The lowest BCUT2D eigenvalue weighted by Gasteiger charge is -2.10. The molecule has 4 nitrogen and oxygen atoms in total. The number of ether oxygens (including phenoxy) is 2. The van der Waals surface area contributed by atoms with Crippen molar-refractivity contribution in [3.8, 4) is 11.5 Å². The maximum Gasteiger partial charge on any atom is 0.335 e. The Hall–Kier alpha value is -1.97. The van der Waals surface area contributed by atoms with Crippen LogP contribution in [0.4, 0.5) is 0 Å². The molecule has 0 aliphatic heterocycles. The number of methoxy groups -OCH3 is 1. The average Bonchev–Trinajstić information content (AvgIpc) is 2.46. The van der Waals surface area contributed by atoms with Gasteiger partial charge in [0.1, 0.15) is 6.61 Å². The summed E-state index contributed by atoms with van der Waals surface area (Å²) in [5.74, 6) is 0.747. The first-order valence-electron chi connectivity index (χ1n) is 7.63. The van der Waals surface area contributed by atoms with E-state index in [2.05, 4.69) is 26.8 Å². The van der Waals surface area contributed by atoms with Crippen LogP contribution in [0.5, 0.6) is 11.5 Å². The predicted octanol–water partition coefficient (Wildman–Crippen LogP) is 4.54. The van der Waals surface area contributed by atoms with Crippen LogP contribution in [-0.4, -0.2) is 24.8 Å². The Bertz CT molecular complexity index is 518. The van der Waals surface area contributed by atoms with E-state index in [1.165, 1.54) is 37.7 Å². The highest BCUT2D eigenvalue weighted by Gasteiger charge is 2.09. The summed E-state index contributed by atoms with van der Waals surface area (Å²) in [7, 11) is 1.50. The summed E-state index contributed by atoms with van der Waals surface area (Å²) >= 11 is 0. The Morgan fingerprint density at radius 1 is 1.32 bits per heavy atom. The van der Waals surface area contributed by atoms with Crippen LogP contribution in [0.2, 0.25) is 0 Å². The number of carboxylic acids is 1. The molecular formula is C18H26O4. The first kappa shape index (κ1) is 18.1. The van der Waals surface area contributed by atoms with Gasteiger partial charge >= 0.3 is 5.97 Å². The molecule has 0 heterocycles. The van der Waals surface area contributed by atoms with E-state index in [9.17, 15) is 4.79 Å². The summed E-state index contributed by atoms with van der Waals surface area (Å²) in [4.78, 5) is 10.9. The lowest BCUT2D eigenvalue weighted by molar-refractivity contribution is 0.0696. The minimum absolute atomic E-state index is 0.185. The largest absolute Gasteiger partial charge is 0.493 e. The average molecular weight is 306 g/mol. The maximum atomic E-state index is 10.9. The van der Waals surface area contributed by atoms with Crippen LogP contribution in [0.3, 0.4) is 0 Å². The van der Waals surface area contributed by atoms with Gasteiger partial charge in [0, 0.05) is 0 Å². The van der Waals surface area contributed by atoms with Gasteiger partial charge < -0.3 is 14.6 Å². The van der Waals surface area contributed by atoms with Gasteiger partial charge in [0.05, 0.1) is 12.7 Å². The second kappa shape index (κ2) is 9.13. The van der Waals surface area contributed by atoms with Crippen molar-refractivity contribution >= 4 is 5.97 Å². The van der Waals surface area contributed by atoms with E-state index in [0.29, 0.717) is 18.1 Å². The third-order valence-electron chi connectivity index (χ3n) is 3.43. The molecule has 1 N–H and O–H groups in total. The van der Waals surface area contributed by atoms with Gasteiger partial charge in [-0.1, -0.05) is 25.8 Å². The lowest BCUT2D eigenvalue weighted by atomic mass is 10.0. The van der Waals surface area contributed by atoms with Gasteiger partial charge in [-0.2, -0.15) is 0 Å². The molecule has 0 aliphatic carbocycles. The Morgan fingerprint density at radius 2 is 2.05 bits per heavy atom. The number of hydrogen-bond acceptors (Lipinski definition) is 3. The molecule has 1 aromatic carbocycles. The van der Waals surface area contributed by atoms with Crippen molar-refractivity contribution in [3.05, 3.63) is 35.4 Å². The molecule has 0 spiro atoms. The third kappa shape index (κ3) is 6.20. The van der Waals surface area contributed by atoms with Gasteiger partial charge in [0.25, 0.3) is 0 Å². The van der Waals surface area contributed by atoms with E-state index in [1.807, 2.05) is 0 Å². The fourth-order valence-corrected chi connectivity index (χ4v) is 2.08. The zero-order chi connectivity index (χ0) is 16.5. The molecule has 4 heteroatoms. The first-order chi connectivity index (χ1) is 10.4. The summed E-state index contributed by atoms with van der Waals surface area (Å²) in [5, 5.41) is 8.96. The van der Waals surface area contributed by atoms with Crippen molar-refractivity contribution in [2.75, 3.05) is 13.7 Å². The van der Waals surface area contributed by atoms with Gasteiger partial charge in [-0.3, -0.25) is 0 Å². The number of carbonyl (C=O) groups is 1. The quantitative estimate of drug-likeness (QED) is 0.680. The molecule has 0 saturated carbocycles. The van der Waals surface area contributed by atoms with Crippen LogP contribution < -0.4 is 9.47 Å². The van der Waals surface area contributed by atoms with Gasteiger partial charge in [0.15, 0.2) is 11.5 Å². The van der Waals surface area contributed by atoms with Crippen molar-refractivity contribution in [2.45, 2.75) is 40.0 Å². The van der Waals surface area contributed by atoms with Crippen LogP contribution in [0.1, 0.15) is 50.4 Å². The number of aromatic carboxylic acids is 1. The van der Waals surface area contributed by atoms with E-state index in [0.717, 1.165) is 12.3 Å². The Kier molecular flexibility index (Phi) is 7.50. The first-order valence-corrected chi connectivity index (χ1v) is 7.63. The van der Waals surface area contributed by atoms with Crippen LogP contribution >= 0.6 is 0 Å². The standard InChI is InChI=1S/C18H26O4/c1-13(2)6-5-7-14(3)10-11-22-16-9-8-15(18(19)20)12-17(16)21-4/h8-10,12-13H,5-7,11H2,1-4H3,(H,19,20)/b14-10+. The van der Waals surface area contributed by atoms with Crippen molar-refractivity contribution in [3.63, 3.8) is 0 Å². The highest BCUT2D eigenvalue weighted by molar-refractivity contribution is 5.88. The van der Waals surface area contributed by atoms with Gasteiger partial charge in [-0.15, -0.1) is 0 Å². The van der Waals surface area contributed by atoms with Crippen LogP contribution in [0.15, 0.2) is 29.8 Å². The monoisotopic (exact) mass is 306 g/mol. The number of allylic oxidation sites excluding steroid dienone is 1. The summed E-state index contributed by atoms with van der Waals surface area (Å²) in [6.07, 6.45) is 5.56. The zero-order valence-corrected chi connectivity index (χ0v) is 13.9. The molecule has 0 amide bonds. The van der Waals surface area contributed by atoms with Crippen molar-refractivity contribution < 1.29 is 19.4 Å². The number of benzene rings is 1. The molecule has 0 aliphatic rings. The van der Waals surface area contributed by atoms with Crippen LogP contribution in [0.25, 0.3) is 0 Å². The summed E-state index contributed by atoms with van der Waals surface area (Å²) in [6, 6.07) is 4.61. The molecule has 0 atom stereocenters. The molecule has 0 saturated heterocycles. The van der Waals surface area contributed by atoms with E-state index >= 15 is 0 Å². The molecule has 0 radical (unpaired) electrons. The third-order valence-corrected chi connectivity index (χ3v) is 3.43. The molecule has 1 aromatic rings. The van der Waals surface area contributed by atoms with Gasteiger partial charge in [-0.25, -0.2) is 4.79 Å². The predicted molar refractivity (Wildman–Crippen MR) is 87.9 cm³/mol. The fourth-order valence-electron chi connectivity index (χ4n) is 2.08. The van der Waals surface area contributed by atoms with Crippen molar-refractivity contribution in [2.24, 2.45) is 5.92 Å². The highest BCUT2D eigenvalue weighted by Crippen LogP contribution is 2.28. The zero-order valence-electron chi connectivity index (χ0n) is 13.9.